The molecular weight excluding hydrogens is 380 g/mol. The van der Waals surface area contributed by atoms with Gasteiger partial charge in [0.2, 0.25) is 0 Å². The number of ether oxygens (including phenoxy) is 2. The van der Waals surface area contributed by atoms with Gasteiger partial charge in [0.25, 0.3) is 0 Å². The molecule has 2 rings (SSSR count). The van der Waals surface area contributed by atoms with Gasteiger partial charge < -0.3 is 9.47 Å². The van der Waals surface area contributed by atoms with Crippen LogP contribution in [0.5, 0.6) is 11.5 Å². The van der Waals surface area contributed by atoms with Crippen LogP contribution in [0.3, 0.4) is 0 Å². The van der Waals surface area contributed by atoms with E-state index in [1.54, 1.807) is 19.1 Å². The molecule has 0 fully saturated rings. The number of benzene rings is 2. The lowest BCUT2D eigenvalue weighted by atomic mass is 10.1. The average Bonchev–Trinajstić information content (AvgIpc) is 2.51. The van der Waals surface area contributed by atoms with Crippen LogP contribution in [0.1, 0.15) is 25.0 Å². The lowest BCUT2D eigenvalue weighted by Crippen LogP contribution is -2.07. The highest BCUT2D eigenvalue weighted by atomic mass is 79.9. The van der Waals surface area contributed by atoms with E-state index in [4.69, 9.17) is 21.1 Å². The van der Waals surface area contributed by atoms with Gasteiger partial charge >= 0.3 is 5.97 Å². The van der Waals surface area contributed by atoms with Gasteiger partial charge in [-0.15, -0.1) is 0 Å². The zero-order valence-corrected chi connectivity index (χ0v) is 15.4. The molecule has 2 aromatic carbocycles. The van der Waals surface area contributed by atoms with Gasteiger partial charge in [0, 0.05) is 11.1 Å². The number of rotatable bonds is 6. The molecule has 0 saturated heterocycles. The van der Waals surface area contributed by atoms with Crippen LogP contribution >= 0.6 is 27.5 Å². The standard InChI is InChI=1S/C18H18BrClO3/c1-3-13-6-5-12(10-18(21)22-4-2)9-16(13)23-17-11-14(20)7-8-15(17)19/h5-9,11H,3-4,10H2,1-2H3. The Morgan fingerprint density at radius 1 is 1.13 bits per heavy atom. The highest BCUT2D eigenvalue weighted by Gasteiger charge is 2.11. The van der Waals surface area contributed by atoms with Crippen molar-refractivity contribution in [1.29, 1.82) is 0 Å². The van der Waals surface area contributed by atoms with Crippen LogP contribution in [0.25, 0.3) is 0 Å². The van der Waals surface area contributed by atoms with E-state index in [0.717, 1.165) is 27.8 Å². The number of aryl methyl sites for hydroxylation is 1. The Bertz CT molecular complexity index is 701. The Morgan fingerprint density at radius 3 is 2.61 bits per heavy atom. The molecule has 0 amide bonds. The van der Waals surface area contributed by atoms with Gasteiger partial charge in [-0.25, -0.2) is 0 Å². The molecule has 23 heavy (non-hydrogen) atoms. The topological polar surface area (TPSA) is 35.5 Å². The minimum Gasteiger partial charge on any atom is -0.466 e. The Morgan fingerprint density at radius 2 is 1.91 bits per heavy atom. The summed E-state index contributed by atoms with van der Waals surface area (Å²) in [6.07, 6.45) is 1.05. The second-order valence-electron chi connectivity index (χ2n) is 4.95. The van der Waals surface area contributed by atoms with Gasteiger partial charge in [0.1, 0.15) is 11.5 Å². The maximum absolute atomic E-state index is 11.6. The van der Waals surface area contributed by atoms with Crippen molar-refractivity contribution in [1.82, 2.24) is 0 Å². The fourth-order valence-electron chi connectivity index (χ4n) is 2.15. The lowest BCUT2D eigenvalue weighted by Gasteiger charge is -2.13. The van der Waals surface area contributed by atoms with Crippen LogP contribution in [-0.4, -0.2) is 12.6 Å². The minimum atomic E-state index is -0.244. The summed E-state index contributed by atoms with van der Waals surface area (Å²) in [6, 6.07) is 11.2. The normalized spacial score (nSPS) is 10.4. The van der Waals surface area contributed by atoms with Crippen molar-refractivity contribution in [2.75, 3.05) is 6.61 Å². The Balaban J connectivity index is 2.28. The number of carbonyl (C=O) groups excluding carboxylic acids is 1. The first-order valence-corrected chi connectivity index (χ1v) is 8.61. The maximum Gasteiger partial charge on any atom is 0.310 e. The average molecular weight is 398 g/mol. The number of hydrogen-bond acceptors (Lipinski definition) is 3. The Labute approximate surface area is 149 Å². The van der Waals surface area contributed by atoms with Gasteiger partial charge in [-0.2, -0.15) is 0 Å². The number of halogens is 2. The third-order valence-corrected chi connectivity index (χ3v) is 4.17. The van der Waals surface area contributed by atoms with Crippen molar-refractivity contribution in [2.24, 2.45) is 0 Å². The lowest BCUT2D eigenvalue weighted by molar-refractivity contribution is -0.142. The number of carbonyl (C=O) groups is 1. The van der Waals surface area contributed by atoms with Crippen LogP contribution in [0.4, 0.5) is 0 Å². The molecule has 122 valence electrons. The first-order chi connectivity index (χ1) is 11.0. The van der Waals surface area contributed by atoms with E-state index in [2.05, 4.69) is 22.9 Å². The van der Waals surface area contributed by atoms with Gasteiger partial charge in [0.15, 0.2) is 0 Å². The highest BCUT2D eigenvalue weighted by Crippen LogP contribution is 2.34. The molecule has 0 aliphatic carbocycles. The van der Waals surface area contributed by atoms with E-state index < -0.39 is 0 Å². The van der Waals surface area contributed by atoms with Crippen LogP contribution in [0.2, 0.25) is 5.02 Å². The first-order valence-electron chi connectivity index (χ1n) is 7.43. The van der Waals surface area contributed by atoms with E-state index in [9.17, 15) is 4.79 Å². The van der Waals surface area contributed by atoms with E-state index in [-0.39, 0.29) is 12.4 Å². The van der Waals surface area contributed by atoms with Crippen molar-refractivity contribution in [2.45, 2.75) is 26.7 Å². The van der Waals surface area contributed by atoms with E-state index in [0.29, 0.717) is 17.4 Å². The van der Waals surface area contributed by atoms with Crippen molar-refractivity contribution in [3.05, 3.63) is 57.0 Å². The summed E-state index contributed by atoms with van der Waals surface area (Å²) < 4.78 is 11.8. The summed E-state index contributed by atoms with van der Waals surface area (Å²) in [5.74, 6) is 1.12. The predicted octanol–water partition coefficient (Wildman–Crippen LogP) is 5.56. The predicted molar refractivity (Wildman–Crippen MR) is 95.4 cm³/mol. The van der Waals surface area contributed by atoms with Gasteiger partial charge in [0.05, 0.1) is 17.5 Å². The highest BCUT2D eigenvalue weighted by molar-refractivity contribution is 9.10. The van der Waals surface area contributed by atoms with Gasteiger partial charge in [-0.05, 0) is 58.6 Å². The molecule has 0 bridgehead atoms. The molecule has 3 nitrogen and oxygen atoms in total. The summed E-state index contributed by atoms with van der Waals surface area (Å²) >= 11 is 9.49. The smallest absolute Gasteiger partial charge is 0.310 e. The molecule has 0 N–H and O–H groups in total. The van der Waals surface area contributed by atoms with E-state index in [1.165, 1.54) is 0 Å². The molecule has 5 heteroatoms. The zero-order valence-electron chi connectivity index (χ0n) is 13.1. The summed E-state index contributed by atoms with van der Waals surface area (Å²) in [7, 11) is 0. The molecule has 0 radical (unpaired) electrons. The van der Waals surface area contributed by atoms with Gasteiger partial charge in [-0.3, -0.25) is 4.79 Å². The molecule has 0 saturated carbocycles. The zero-order chi connectivity index (χ0) is 16.8. The van der Waals surface area contributed by atoms with Crippen molar-refractivity contribution < 1.29 is 14.3 Å². The summed E-state index contributed by atoms with van der Waals surface area (Å²) in [5, 5.41) is 0.601. The molecule has 0 atom stereocenters. The number of esters is 1. The van der Waals surface area contributed by atoms with Gasteiger partial charge in [-0.1, -0.05) is 30.7 Å². The monoisotopic (exact) mass is 396 g/mol. The first kappa shape index (κ1) is 17.8. The minimum absolute atomic E-state index is 0.227. The molecule has 0 aliphatic rings. The summed E-state index contributed by atoms with van der Waals surface area (Å²) in [6.45, 7) is 4.23. The fourth-order valence-corrected chi connectivity index (χ4v) is 2.64. The largest absolute Gasteiger partial charge is 0.466 e. The van der Waals surface area contributed by atoms with E-state index in [1.807, 2.05) is 24.3 Å². The maximum atomic E-state index is 11.6. The molecule has 0 spiro atoms. The molecular formula is C18H18BrClO3. The second kappa shape index (κ2) is 8.37. The third kappa shape index (κ3) is 4.98. The third-order valence-electron chi connectivity index (χ3n) is 3.28. The molecule has 2 aromatic rings. The van der Waals surface area contributed by atoms with Crippen molar-refractivity contribution >= 4 is 33.5 Å². The van der Waals surface area contributed by atoms with Crippen LogP contribution in [-0.2, 0) is 22.4 Å². The Kier molecular flexibility index (Phi) is 6.48. The summed E-state index contributed by atoms with van der Waals surface area (Å²) in [4.78, 5) is 11.6. The van der Waals surface area contributed by atoms with E-state index >= 15 is 0 Å². The molecule has 0 aromatic heterocycles. The van der Waals surface area contributed by atoms with Crippen molar-refractivity contribution in [3.63, 3.8) is 0 Å². The van der Waals surface area contributed by atoms with Crippen molar-refractivity contribution in [3.8, 4) is 11.5 Å². The van der Waals surface area contributed by atoms with Crippen LogP contribution in [0.15, 0.2) is 40.9 Å². The molecule has 0 aliphatic heterocycles. The molecule has 0 unspecified atom stereocenters. The molecule has 0 heterocycles. The SMILES string of the molecule is CCOC(=O)Cc1ccc(CC)c(Oc2cc(Cl)ccc2Br)c1. The fraction of sp³-hybridized carbons (Fsp3) is 0.278. The quantitative estimate of drug-likeness (QED) is 0.598. The van der Waals surface area contributed by atoms with Crippen LogP contribution < -0.4 is 4.74 Å². The van der Waals surface area contributed by atoms with Crippen LogP contribution in [0, 0.1) is 0 Å². The summed E-state index contributed by atoms with van der Waals surface area (Å²) in [5.41, 5.74) is 1.92. The Hall–Kier alpha value is -1.52. The number of hydrogen-bond donors (Lipinski definition) is 0. The second-order valence-corrected chi connectivity index (χ2v) is 6.25.